The smallest absolute Gasteiger partial charge is 0.0635 e. The van der Waals surface area contributed by atoms with Gasteiger partial charge in [-0.2, -0.15) is 0 Å². The van der Waals surface area contributed by atoms with Gasteiger partial charge in [0.2, 0.25) is 0 Å². The zero-order valence-electron chi connectivity index (χ0n) is 9.69. The minimum atomic E-state index is -0.298. The van der Waals surface area contributed by atoms with Gasteiger partial charge in [0, 0.05) is 29.2 Å². The molecule has 15 heavy (non-hydrogen) atoms. The Kier molecular flexibility index (Phi) is 5.29. The van der Waals surface area contributed by atoms with E-state index in [0.29, 0.717) is 6.61 Å². The molecule has 0 aliphatic carbocycles. The monoisotopic (exact) mass is 228 g/mol. The second-order valence-electron chi connectivity index (χ2n) is 3.93. The highest BCUT2D eigenvalue weighted by Gasteiger charge is 2.15. The quantitative estimate of drug-likeness (QED) is 0.810. The lowest BCUT2D eigenvalue weighted by molar-refractivity contribution is 0.0579. The average Bonchev–Trinajstić information content (AvgIpc) is 2.66. The highest BCUT2D eigenvalue weighted by Crippen LogP contribution is 2.20. The fraction of sp³-hybridized carbons (Fsp3) is 0.667. The summed E-state index contributed by atoms with van der Waals surface area (Å²) >= 11 is 1.80. The molecule has 0 bridgehead atoms. The van der Waals surface area contributed by atoms with Gasteiger partial charge in [0.1, 0.15) is 0 Å². The lowest BCUT2D eigenvalue weighted by Gasteiger charge is -2.16. The molecule has 0 saturated heterocycles. The Hall–Kier alpha value is -0.380. The summed E-state index contributed by atoms with van der Waals surface area (Å²) in [5, 5.41) is 9.91. The number of thiophene rings is 1. The number of aryl methyl sites for hydroxylation is 1. The lowest BCUT2D eigenvalue weighted by atomic mass is 10.0. The molecule has 3 heteroatoms. The molecule has 2 atom stereocenters. The van der Waals surface area contributed by atoms with Crippen LogP contribution in [0.5, 0.6) is 0 Å². The zero-order valence-corrected chi connectivity index (χ0v) is 10.5. The minimum absolute atomic E-state index is 0.196. The van der Waals surface area contributed by atoms with Crippen molar-refractivity contribution in [1.29, 1.82) is 0 Å². The lowest BCUT2D eigenvalue weighted by Crippen LogP contribution is -2.23. The molecule has 0 aromatic carbocycles. The van der Waals surface area contributed by atoms with Crippen molar-refractivity contribution < 1.29 is 9.84 Å². The first kappa shape index (κ1) is 12.7. The molecule has 1 N–H and O–H groups in total. The number of hydrogen-bond acceptors (Lipinski definition) is 3. The van der Waals surface area contributed by atoms with Gasteiger partial charge in [-0.25, -0.2) is 0 Å². The third-order valence-corrected chi connectivity index (χ3v) is 3.81. The Morgan fingerprint density at radius 2 is 2.07 bits per heavy atom. The number of aliphatic hydroxyl groups is 1. The molecule has 0 amide bonds. The van der Waals surface area contributed by atoms with Crippen molar-refractivity contribution in [2.24, 2.45) is 5.92 Å². The van der Waals surface area contributed by atoms with E-state index in [-0.39, 0.29) is 12.0 Å². The maximum absolute atomic E-state index is 9.91. The average molecular weight is 228 g/mol. The molecular weight excluding hydrogens is 208 g/mol. The van der Waals surface area contributed by atoms with E-state index in [1.165, 1.54) is 9.75 Å². The number of rotatable bonds is 6. The maximum atomic E-state index is 9.91. The van der Waals surface area contributed by atoms with Gasteiger partial charge in [-0.1, -0.05) is 13.8 Å². The Morgan fingerprint density at radius 3 is 2.60 bits per heavy atom. The first-order valence-corrected chi connectivity index (χ1v) is 6.23. The van der Waals surface area contributed by atoms with Crippen LogP contribution in [0.25, 0.3) is 0 Å². The molecule has 0 aliphatic heterocycles. The van der Waals surface area contributed by atoms with Crippen LogP contribution in [0, 0.1) is 5.92 Å². The van der Waals surface area contributed by atoms with Crippen LogP contribution in [-0.2, 0) is 17.6 Å². The highest BCUT2D eigenvalue weighted by atomic mass is 32.1. The van der Waals surface area contributed by atoms with Crippen LogP contribution in [0.1, 0.15) is 23.6 Å². The second kappa shape index (κ2) is 6.26. The van der Waals surface area contributed by atoms with E-state index in [4.69, 9.17) is 4.74 Å². The summed E-state index contributed by atoms with van der Waals surface area (Å²) in [6.07, 6.45) is 1.53. The van der Waals surface area contributed by atoms with Crippen molar-refractivity contribution in [3.8, 4) is 0 Å². The SMILES string of the molecule is CCc1ccc(CC(O)C(C)COC)s1. The number of ether oxygens (including phenoxy) is 1. The van der Waals surface area contributed by atoms with Crippen LogP contribution in [-0.4, -0.2) is 24.9 Å². The van der Waals surface area contributed by atoms with Crippen LogP contribution < -0.4 is 0 Å². The molecule has 2 unspecified atom stereocenters. The van der Waals surface area contributed by atoms with Crippen molar-refractivity contribution in [3.05, 3.63) is 21.9 Å². The molecule has 1 aromatic heterocycles. The van der Waals surface area contributed by atoms with Crippen LogP contribution >= 0.6 is 11.3 Å². The molecule has 2 nitrogen and oxygen atoms in total. The normalized spacial score (nSPS) is 15.2. The van der Waals surface area contributed by atoms with Crippen molar-refractivity contribution in [3.63, 3.8) is 0 Å². The summed E-state index contributed by atoms with van der Waals surface area (Å²) in [6, 6.07) is 4.26. The summed E-state index contributed by atoms with van der Waals surface area (Å²) < 4.78 is 5.03. The minimum Gasteiger partial charge on any atom is -0.392 e. The van der Waals surface area contributed by atoms with Crippen molar-refractivity contribution in [2.45, 2.75) is 32.8 Å². The number of methoxy groups -OCH3 is 1. The first-order chi connectivity index (χ1) is 7.17. The Balaban J connectivity index is 2.46. The standard InChI is InChI=1S/C12H20O2S/c1-4-10-5-6-11(15-10)7-12(13)9(2)8-14-3/h5-6,9,12-13H,4,7-8H2,1-3H3. The Bertz CT molecular complexity index is 283. The molecule has 0 saturated carbocycles. The molecular formula is C12H20O2S. The fourth-order valence-electron chi connectivity index (χ4n) is 1.50. The van der Waals surface area contributed by atoms with Gasteiger partial charge < -0.3 is 9.84 Å². The number of hydrogen-bond donors (Lipinski definition) is 1. The predicted octanol–water partition coefficient (Wildman–Crippen LogP) is 2.50. The van der Waals surface area contributed by atoms with Crippen molar-refractivity contribution >= 4 is 11.3 Å². The van der Waals surface area contributed by atoms with Crippen LogP contribution in [0.4, 0.5) is 0 Å². The highest BCUT2D eigenvalue weighted by molar-refractivity contribution is 7.11. The summed E-state index contributed by atoms with van der Waals surface area (Å²) in [7, 11) is 1.67. The summed E-state index contributed by atoms with van der Waals surface area (Å²) in [5.74, 6) is 0.196. The van der Waals surface area contributed by atoms with Crippen LogP contribution in [0.3, 0.4) is 0 Å². The molecule has 86 valence electrons. The molecule has 1 rings (SSSR count). The van der Waals surface area contributed by atoms with Crippen LogP contribution in [0.15, 0.2) is 12.1 Å². The topological polar surface area (TPSA) is 29.5 Å². The molecule has 1 aromatic rings. The summed E-state index contributed by atoms with van der Waals surface area (Å²) in [6.45, 7) is 4.79. The van der Waals surface area contributed by atoms with Gasteiger partial charge >= 0.3 is 0 Å². The zero-order chi connectivity index (χ0) is 11.3. The molecule has 0 fully saturated rings. The van der Waals surface area contributed by atoms with Crippen LogP contribution in [0.2, 0.25) is 0 Å². The first-order valence-electron chi connectivity index (χ1n) is 5.42. The van der Waals surface area contributed by atoms with E-state index < -0.39 is 0 Å². The van der Waals surface area contributed by atoms with Gasteiger partial charge in [-0.15, -0.1) is 11.3 Å². The van der Waals surface area contributed by atoms with Gasteiger partial charge in [-0.3, -0.25) is 0 Å². The van der Waals surface area contributed by atoms with E-state index in [1.54, 1.807) is 18.4 Å². The van der Waals surface area contributed by atoms with Gasteiger partial charge in [0.05, 0.1) is 12.7 Å². The Labute approximate surface area is 95.9 Å². The van der Waals surface area contributed by atoms with E-state index in [2.05, 4.69) is 19.1 Å². The summed E-state index contributed by atoms with van der Waals surface area (Å²) in [5.41, 5.74) is 0. The molecule has 0 spiro atoms. The third kappa shape index (κ3) is 3.93. The molecule has 1 heterocycles. The summed E-state index contributed by atoms with van der Waals surface area (Å²) in [4.78, 5) is 2.65. The third-order valence-electron chi connectivity index (χ3n) is 2.56. The van der Waals surface area contributed by atoms with E-state index >= 15 is 0 Å². The predicted molar refractivity (Wildman–Crippen MR) is 64.4 cm³/mol. The van der Waals surface area contributed by atoms with Crippen molar-refractivity contribution in [1.82, 2.24) is 0 Å². The maximum Gasteiger partial charge on any atom is 0.0635 e. The van der Waals surface area contributed by atoms with Gasteiger partial charge in [-0.05, 0) is 18.6 Å². The van der Waals surface area contributed by atoms with E-state index in [9.17, 15) is 5.11 Å². The Morgan fingerprint density at radius 1 is 1.40 bits per heavy atom. The second-order valence-corrected chi connectivity index (χ2v) is 5.18. The largest absolute Gasteiger partial charge is 0.392 e. The fourth-order valence-corrected chi connectivity index (χ4v) is 2.51. The van der Waals surface area contributed by atoms with Gasteiger partial charge in [0.25, 0.3) is 0 Å². The van der Waals surface area contributed by atoms with E-state index in [1.807, 2.05) is 6.92 Å². The number of aliphatic hydroxyl groups excluding tert-OH is 1. The molecule has 0 aliphatic rings. The van der Waals surface area contributed by atoms with Gasteiger partial charge in [0.15, 0.2) is 0 Å². The van der Waals surface area contributed by atoms with Crippen molar-refractivity contribution in [2.75, 3.05) is 13.7 Å². The van der Waals surface area contributed by atoms with E-state index in [0.717, 1.165) is 12.8 Å². The molecule has 0 radical (unpaired) electrons.